The SMILES string of the molecule is CN1C2CCC1CC(n1ncc3ccc(C4=CCOCC4)cc31)C2. The van der Waals surface area contributed by atoms with Crippen molar-refractivity contribution in [3.63, 3.8) is 0 Å². The van der Waals surface area contributed by atoms with Gasteiger partial charge in [0.25, 0.3) is 0 Å². The van der Waals surface area contributed by atoms with Crippen LogP contribution < -0.4 is 0 Å². The third kappa shape index (κ3) is 2.32. The monoisotopic (exact) mass is 323 g/mol. The van der Waals surface area contributed by atoms with Crippen LogP contribution in [0.15, 0.2) is 30.5 Å². The van der Waals surface area contributed by atoms with E-state index in [0.717, 1.165) is 31.7 Å². The zero-order valence-electron chi connectivity index (χ0n) is 14.3. The quantitative estimate of drug-likeness (QED) is 0.845. The van der Waals surface area contributed by atoms with Gasteiger partial charge in [0.15, 0.2) is 0 Å². The third-order valence-corrected chi connectivity index (χ3v) is 6.35. The molecule has 24 heavy (non-hydrogen) atoms. The van der Waals surface area contributed by atoms with Crippen LogP contribution in [0.25, 0.3) is 16.5 Å². The Morgan fingerprint density at radius 2 is 1.96 bits per heavy atom. The maximum absolute atomic E-state index is 5.45. The predicted octanol–water partition coefficient (Wildman–Crippen LogP) is 3.64. The van der Waals surface area contributed by atoms with Crippen molar-refractivity contribution in [2.75, 3.05) is 20.3 Å². The van der Waals surface area contributed by atoms with Crippen molar-refractivity contribution in [2.45, 2.75) is 50.2 Å². The molecule has 4 heteroatoms. The van der Waals surface area contributed by atoms with Crippen molar-refractivity contribution in [2.24, 2.45) is 0 Å². The number of rotatable bonds is 2. The maximum atomic E-state index is 5.45. The molecule has 1 aromatic heterocycles. The Labute approximate surface area is 143 Å². The topological polar surface area (TPSA) is 30.3 Å². The van der Waals surface area contributed by atoms with Crippen molar-refractivity contribution >= 4 is 16.5 Å². The van der Waals surface area contributed by atoms with Crippen LogP contribution in [0.5, 0.6) is 0 Å². The van der Waals surface area contributed by atoms with Crippen LogP contribution in [-0.2, 0) is 4.74 Å². The van der Waals surface area contributed by atoms with Gasteiger partial charge in [0, 0.05) is 17.5 Å². The van der Waals surface area contributed by atoms with Gasteiger partial charge in [-0.15, -0.1) is 0 Å². The Hall–Kier alpha value is -1.65. The second-order valence-electron chi connectivity index (χ2n) is 7.59. The Bertz CT molecular complexity index is 779. The molecule has 2 bridgehead atoms. The van der Waals surface area contributed by atoms with Gasteiger partial charge in [0.2, 0.25) is 0 Å². The summed E-state index contributed by atoms with van der Waals surface area (Å²) >= 11 is 0. The lowest BCUT2D eigenvalue weighted by Crippen LogP contribution is -2.40. The molecule has 1 aromatic carbocycles. The van der Waals surface area contributed by atoms with Gasteiger partial charge in [-0.25, -0.2) is 0 Å². The molecule has 0 radical (unpaired) electrons. The van der Waals surface area contributed by atoms with Crippen LogP contribution in [0.1, 0.15) is 43.7 Å². The summed E-state index contributed by atoms with van der Waals surface area (Å²) in [6.07, 6.45) is 10.5. The van der Waals surface area contributed by atoms with Crippen molar-refractivity contribution in [3.05, 3.63) is 36.0 Å². The van der Waals surface area contributed by atoms with Gasteiger partial charge in [0.1, 0.15) is 0 Å². The van der Waals surface area contributed by atoms with Crippen molar-refractivity contribution in [1.29, 1.82) is 0 Å². The third-order valence-electron chi connectivity index (χ3n) is 6.35. The predicted molar refractivity (Wildman–Crippen MR) is 96.0 cm³/mol. The van der Waals surface area contributed by atoms with Crippen LogP contribution in [0.4, 0.5) is 0 Å². The van der Waals surface area contributed by atoms with Crippen LogP contribution in [0.3, 0.4) is 0 Å². The molecule has 3 aliphatic heterocycles. The highest BCUT2D eigenvalue weighted by Crippen LogP contribution is 2.40. The zero-order valence-corrected chi connectivity index (χ0v) is 14.3. The van der Waals surface area contributed by atoms with Gasteiger partial charge in [-0.2, -0.15) is 5.10 Å². The van der Waals surface area contributed by atoms with Gasteiger partial charge in [-0.3, -0.25) is 4.68 Å². The van der Waals surface area contributed by atoms with Crippen LogP contribution in [0, 0.1) is 0 Å². The summed E-state index contributed by atoms with van der Waals surface area (Å²) in [4.78, 5) is 2.60. The maximum Gasteiger partial charge on any atom is 0.0691 e. The van der Waals surface area contributed by atoms with Gasteiger partial charge >= 0.3 is 0 Å². The minimum Gasteiger partial charge on any atom is -0.377 e. The Balaban J connectivity index is 1.51. The lowest BCUT2D eigenvalue weighted by molar-refractivity contribution is 0.133. The first-order valence-electron chi connectivity index (χ1n) is 9.26. The van der Waals surface area contributed by atoms with Crippen molar-refractivity contribution in [3.8, 4) is 0 Å². The molecule has 5 rings (SSSR count). The standard InChI is InChI=1S/C20H25N3O/c1-22-17-4-5-18(22)12-19(11-17)23-20-10-15(2-3-16(20)13-21-23)14-6-8-24-9-7-14/h2-3,6,10,13,17-19H,4-5,7-9,11-12H2,1H3. The van der Waals surface area contributed by atoms with E-state index in [1.165, 1.54) is 47.7 Å². The van der Waals surface area contributed by atoms with Gasteiger partial charge in [-0.05, 0) is 56.4 Å². The van der Waals surface area contributed by atoms with Gasteiger partial charge in [-0.1, -0.05) is 18.2 Å². The summed E-state index contributed by atoms with van der Waals surface area (Å²) in [5.74, 6) is 0. The lowest BCUT2D eigenvalue weighted by Gasteiger charge is -2.36. The van der Waals surface area contributed by atoms with Crippen LogP contribution in [0.2, 0.25) is 0 Å². The first-order chi connectivity index (χ1) is 11.8. The normalized spacial score (nSPS) is 30.7. The Morgan fingerprint density at radius 1 is 1.12 bits per heavy atom. The number of hydrogen-bond acceptors (Lipinski definition) is 3. The van der Waals surface area contributed by atoms with E-state index in [1.54, 1.807) is 0 Å². The molecule has 2 atom stereocenters. The number of benzene rings is 1. The van der Waals surface area contributed by atoms with Crippen LogP contribution >= 0.6 is 0 Å². The molecular formula is C20H25N3O. The molecule has 0 aliphatic carbocycles. The number of nitrogens with zero attached hydrogens (tertiary/aromatic N) is 3. The largest absolute Gasteiger partial charge is 0.377 e. The van der Waals surface area contributed by atoms with Gasteiger partial charge in [0.05, 0.1) is 31.0 Å². The molecule has 4 nitrogen and oxygen atoms in total. The molecule has 0 amide bonds. The van der Waals surface area contributed by atoms with Crippen LogP contribution in [-0.4, -0.2) is 47.0 Å². The summed E-state index contributed by atoms with van der Waals surface area (Å²) in [6, 6.07) is 8.86. The highest BCUT2D eigenvalue weighted by Gasteiger charge is 2.39. The molecule has 2 aromatic rings. The van der Waals surface area contributed by atoms with E-state index in [2.05, 4.69) is 40.9 Å². The average Bonchev–Trinajstić information content (AvgIpc) is 3.11. The second kappa shape index (κ2) is 5.71. The fourth-order valence-corrected chi connectivity index (χ4v) is 4.90. The van der Waals surface area contributed by atoms with Crippen molar-refractivity contribution < 1.29 is 4.74 Å². The number of hydrogen-bond donors (Lipinski definition) is 0. The molecule has 3 aliphatic rings. The minimum atomic E-state index is 0.551. The fourth-order valence-electron chi connectivity index (χ4n) is 4.90. The zero-order chi connectivity index (χ0) is 16.1. The van der Waals surface area contributed by atoms with Gasteiger partial charge < -0.3 is 9.64 Å². The van der Waals surface area contributed by atoms with E-state index in [9.17, 15) is 0 Å². The molecule has 2 saturated heterocycles. The van der Waals surface area contributed by atoms with E-state index in [4.69, 9.17) is 9.84 Å². The van der Waals surface area contributed by atoms with Crippen molar-refractivity contribution in [1.82, 2.24) is 14.7 Å². The fraction of sp³-hybridized carbons (Fsp3) is 0.550. The number of fused-ring (bicyclic) bond motifs is 3. The average molecular weight is 323 g/mol. The molecule has 4 heterocycles. The molecule has 0 saturated carbocycles. The molecule has 2 unspecified atom stereocenters. The second-order valence-corrected chi connectivity index (χ2v) is 7.59. The summed E-state index contributed by atoms with van der Waals surface area (Å²) < 4.78 is 7.77. The first-order valence-corrected chi connectivity index (χ1v) is 9.26. The summed E-state index contributed by atoms with van der Waals surface area (Å²) in [7, 11) is 2.30. The van der Waals surface area contributed by atoms with E-state index < -0.39 is 0 Å². The highest BCUT2D eigenvalue weighted by atomic mass is 16.5. The lowest BCUT2D eigenvalue weighted by atomic mass is 9.97. The van der Waals surface area contributed by atoms with E-state index in [0.29, 0.717) is 6.04 Å². The van der Waals surface area contributed by atoms with E-state index in [-0.39, 0.29) is 0 Å². The first kappa shape index (κ1) is 14.7. The van der Waals surface area contributed by atoms with E-state index >= 15 is 0 Å². The number of piperidine rings is 1. The summed E-state index contributed by atoms with van der Waals surface area (Å²) in [5, 5.41) is 6.04. The Kier molecular flexibility index (Phi) is 3.49. The number of ether oxygens (including phenoxy) is 1. The molecule has 126 valence electrons. The highest BCUT2D eigenvalue weighted by molar-refractivity contribution is 5.83. The molecule has 0 spiro atoms. The molecular weight excluding hydrogens is 298 g/mol. The van der Waals surface area contributed by atoms with E-state index in [1.807, 2.05) is 6.20 Å². The molecule has 0 N–H and O–H groups in total. The smallest absolute Gasteiger partial charge is 0.0691 e. The Morgan fingerprint density at radius 3 is 2.71 bits per heavy atom. The molecule has 2 fully saturated rings. The number of aromatic nitrogens is 2. The summed E-state index contributed by atoms with van der Waals surface area (Å²) in [5.41, 5.74) is 4.05. The summed E-state index contributed by atoms with van der Waals surface area (Å²) in [6.45, 7) is 1.58. The minimum absolute atomic E-state index is 0.551.